The third kappa shape index (κ3) is 4.76. The summed E-state index contributed by atoms with van der Waals surface area (Å²) < 4.78 is 10.2. The molecule has 0 fully saturated rings. The Labute approximate surface area is 120 Å². The second-order valence-electron chi connectivity index (χ2n) is 3.79. The molecule has 0 unspecified atom stereocenters. The predicted molar refractivity (Wildman–Crippen MR) is 79.9 cm³/mol. The molecule has 3 heteroatoms. The minimum atomic E-state index is -0.328. The molecule has 0 heterocycles. The van der Waals surface area contributed by atoms with E-state index in [4.69, 9.17) is 4.74 Å². The van der Waals surface area contributed by atoms with E-state index in [0.29, 0.717) is 12.2 Å². The molecule has 3 nitrogen and oxygen atoms in total. The Bertz CT molecular complexity index is 504. The van der Waals surface area contributed by atoms with Crippen LogP contribution in [0.3, 0.4) is 0 Å². The molecular weight excluding hydrogens is 252 g/mol. The first-order valence-electron chi connectivity index (χ1n) is 6.64. The number of benzene rings is 2. The Morgan fingerprint density at radius 2 is 1.55 bits per heavy atom. The number of hydrogen-bond donors (Lipinski definition) is 0. The average Bonchev–Trinajstić information content (AvgIpc) is 2.55. The van der Waals surface area contributed by atoms with Gasteiger partial charge in [0, 0.05) is 0 Å². The summed E-state index contributed by atoms with van der Waals surface area (Å²) in [4.78, 5) is 11.3. The Morgan fingerprint density at radius 1 is 0.950 bits per heavy atom. The van der Waals surface area contributed by atoms with Gasteiger partial charge in [0.1, 0.15) is 12.4 Å². The van der Waals surface area contributed by atoms with Crippen LogP contribution in [0, 0.1) is 0 Å². The number of carbonyl (C=O) groups excluding carboxylic acids is 1. The molecule has 106 valence electrons. The van der Waals surface area contributed by atoms with E-state index in [2.05, 4.69) is 4.74 Å². The Balaban J connectivity index is 0.000000956. The highest BCUT2D eigenvalue weighted by Gasteiger charge is 2.04. The molecule has 2 aromatic rings. The molecule has 0 aliphatic rings. The molecular formula is C17H20O3. The van der Waals surface area contributed by atoms with Gasteiger partial charge in [-0.3, -0.25) is 0 Å². The van der Waals surface area contributed by atoms with Gasteiger partial charge in [-0.15, -0.1) is 0 Å². The summed E-state index contributed by atoms with van der Waals surface area (Å²) in [5.41, 5.74) is 1.55. The van der Waals surface area contributed by atoms with E-state index < -0.39 is 0 Å². The fourth-order valence-electron chi connectivity index (χ4n) is 1.54. The number of hydrogen-bond acceptors (Lipinski definition) is 3. The van der Waals surface area contributed by atoms with Gasteiger partial charge in [-0.25, -0.2) is 4.79 Å². The van der Waals surface area contributed by atoms with Gasteiger partial charge in [-0.1, -0.05) is 44.2 Å². The third-order valence-electron chi connectivity index (χ3n) is 2.52. The van der Waals surface area contributed by atoms with E-state index in [0.717, 1.165) is 11.3 Å². The van der Waals surface area contributed by atoms with E-state index in [1.165, 1.54) is 7.11 Å². The quantitative estimate of drug-likeness (QED) is 0.787. The molecule has 0 saturated carbocycles. The normalized spacial score (nSPS) is 9.15. The van der Waals surface area contributed by atoms with Crippen molar-refractivity contribution in [3.63, 3.8) is 0 Å². The van der Waals surface area contributed by atoms with Crippen molar-refractivity contribution in [3.8, 4) is 5.75 Å². The van der Waals surface area contributed by atoms with Crippen molar-refractivity contribution in [3.05, 3.63) is 65.7 Å². The topological polar surface area (TPSA) is 35.5 Å². The average molecular weight is 272 g/mol. The summed E-state index contributed by atoms with van der Waals surface area (Å²) in [6.07, 6.45) is 0. The van der Waals surface area contributed by atoms with Crippen LogP contribution in [0.2, 0.25) is 0 Å². The van der Waals surface area contributed by atoms with E-state index in [1.54, 1.807) is 12.1 Å². The Morgan fingerprint density at radius 3 is 2.10 bits per heavy atom. The van der Waals surface area contributed by atoms with Crippen LogP contribution in [-0.4, -0.2) is 13.1 Å². The highest BCUT2D eigenvalue weighted by molar-refractivity contribution is 5.89. The fourth-order valence-corrected chi connectivity index (χ4v) is 1.54. The summed E-state index contributed by atoms with van der Waals surface area (Å²) in [7, 11) is 1.37. The smallest absolute Gasteiger partial charge is 0.337 e. The number of carbonyl (C=O) groups is 1. The first kappa shape index (κ1) is 15.8. The summed E-state index contributed by atoms with van der Waals surface area (Å²) in [6.45, 7) is 4.48. The lowest BCUT2D eigenvalue weighted by Gasteiger charge is -2.06. The number of methoxy groups -OCH3 is 1. The molecule has 2 aromatic carbocycles. The van der Waals surface area contributed by atoms with Gasteiger partial charge < -0.3 is 9.47 Å². The maximum absolute atomic E-state index is 11.3. The summed E-state index contributed by atoms with van der Waals surface area (Å²) in [5, 5.41) is 0. The first-order valence-corrected chi connectivity index (χ1v) is 6.64. The lowest BCUT2D eigenvalue weighted by Crippen LogP contribution is -2.01. The van der Waals surface area contributed by atoms with Crippen LogP contribution in [-0.2, 0) is 11.3 Å². The van der Waals surface area contributed by atoms with Crippen molar-refractivity contribution in [1.82, 2.24) is 0 Å². The van der Waals surface area contributed by atoms with Crippen molar-refractivity contribution in [2.24, 2.45) is 0 Å². The van der Waals surface area contributed by atoms with Crippen LogP contribution in [0.1, 0.15) is 29.8 Å². The monoisotopic (exact) mass is 272 g/mol. The van der Waals surface area contributed by atoms with Gasteiger partial charge in [0.2, 0.25) is 0 Å². The van der Waals surface area contributed by atoms with Gasteiger partial charge in [-0.05, 0) is 29.8 Å². The second kappa shape index (κ2) is 8.75. The molecule has 0 saturated heterocycles. The van der Waals surface area contributed by atoms with Crippen LogP contribution in [0.5, 0.6) is 5.75 Å². The number of ether oxygens (including phenoxy) is 2. The number of para-hydroxylation sites is 1. The fraction of sp³-hybridized carbons (Fsp3) is 0.235. The predicted octanol–water partition coefficient (Wildman–Crippen LogP) is 4.08. The minimum Gasteiger partial charge on any atom is -0.489 e. The van der Waals surface area contributed by atoms with Crippen LogP contribution >= 0.6 is 0 Å². The standard InChI is InChI=1S/C15H14O3.C2H6/c1-17-15(16)13-9-7-12(8-10-13)11-18-14-5-3-2-4-6-14;1-2/h2-10H,11H2,1H3;1-2H3. The van der Waals surface area contributed by atoms with Crippen molar-refractivity contribution in [2.45, 2.75) is 20.5 Å². The molecule has 0 atom stereocenters. The number of esters is 1. The lowest BCUT2D eigenvalue weighted by atomic mass is 10.1. The molecule has 0 N–H and O–H groups in total. The zero-order valence-corrected chi connectivity index (χ0v) is 12.1. The molecule has 20 heavy (non-hydrogen) atoms. The summed E-state index contributed by atoms with van der Waals surface area (Å²) in [5.74, 6) is 0.500. The summed E-state index contributed by atoms with van der Waals surface area (Å²) >= 11 is 0. The van der Waals surface area contributed by atoms with Gasteiger partial charge in [0.25, 0.3) is 0 Å². The van der Waals surface area contributed by atoms with Crippen molar-refractivity contribution < 1.29 is 14.3 Å². The first-order chi connectivity index (χ1) is 9.79. The second-order valence-corrected chi connectivity index (χ2v) is 3.79. The highest BCUT2D eigenvalue weighted by atomic mass is 16.5. The molecule has 0 aliphatic carbocycles. The van der Waals surface area contributed by atoms with E-state index in [9.17, 15) is 4.79 Å². The molecule has 0 radical (unpaired) electrons. The third-order valence-corrected chi connectivity index (χ3v) is 2.52. The van der Waals surface area contributed by atoms with Gasteiger partial charge >= 0.3 is 5.97 Å². The van der Waals surface area contributed by atoms with Crippen molar-refractivity contribution >= 4 is 5.97 Å². The largest absolute Gasteiger partial charge is 0.489 e. The SMILES string of the molecule is CC.COC(=O)c1ccc(COc2ccccc2)cc1. The maximum Gasteiger partial charge on any atom is 0.337 e. The molecule has 0 aliphatic heterocycles. The van der Waals surface area contributed by atoms with Crippen LogP contribution < -0.4 is 4.74 Å². The van der Waals surface area contributed by atoms with Crippen LogP contribution in [0.25, 0.3) is 0 Å². The molecule has 0 aromatic heterocycles. The summed E-state index contributed by atoms with van der Waals surface area (Å²) in [6, 6.07) is 16.8. The Hall–Kier alpha value is -2.29. The van der Waals surface area contributed by atoms with Gasteiger partial charge in [0.05, 0.1) is 12.7 Å². The molecule has 0 bridgehead atoms. The van der Waals surface area contributed by atoms with E-state index in [1.807, 2.05) is 56.3 Å². The zero-order chi connectivity index (χ0) is 14.8. The zero-order valence-electron chi connectivity index (χ0n) is 12.1. The van der Waals surface area contributed by atoms with E-state index >= 15 is 0 Å². The molecule has 2 rings (SSSR count). The van der Waals surface area contributed by atoms with Crippen molar-refractivity contribution in [2.75, 3.05) is 7.11 Å². The van der Waals surface area contributed by atoms with Crippen LogP contribution in [0.4, 0.5) is 0 Å². The van der Waals surface area contributed by atoms with Gasteiger partial charge in [-0.2, -0.15) is 0 Å². The Kier molecular flexibility index (Phi) is 6.90. The molecule has 0 amide bonds. The van der Waals surface area contributed by atoms with Crippen LogP contribution in [0.15, 0.2) is 54.6 Å². The molecule has 0 spiro atoms. The van der Waals surface area contributed by atoms with Gasteiger partial charge in [0.15, 0.2) is 0 Å². The maximum atomic E-state index is 11.3. The van der Waals surface area contributed by atoms with E-state index in [-0.39, 0.29) is 5.97 Å². The highest BCUT2D eigenvalue weighted by Crippen LogP contribution is 2.12. The number of rotatable bonds is 4. The minimum absolute atomic E-state index is 0.328. The lowest BCUT2D eigenvalue weighted by molar-refractivity contribution is 0.0600. The van der Waals surface area contributed by atoms with Crippen molar-refractivity contribution in [1.29, 1.82) is 0 Å².